The summed E-state index contributed by atoms with van der Waals surface area (Å²) in [7, 11) is -1.54. The highest BCUT2D eigenvalue weighted by Crippen LogP contribution is 2.44. The molecule has 0 spiro atoms. The van der Waals surface area contributed by atoms with Crippen LogP contribution in [0, 0.1) is 0 Å². The molecule has 0 aliphatic rings. The Hall–Kier alpha value is -1.94. The molecule has 0 saturated heterocycles. The van der Waals surface area contributed by atoms with Gasteiger partial charge in [-0.2, -0.15) is 0 Å². The van der Waals surface area contributed by atoms with Crippen LogP contribution >= 0.6 is 11.3 Å². The number of hydrogen-bond donors (Lipinski definition) is 2. The predicted octanol–water partition coefficient (Wildman–Crippen LogP) is 1.36. The Bertz CT molecular complexity index is 784. The highest BCUT2D eigenvalue weighted by Gasteiger charge is 2.32. The van der Waals surface area contributed by atoms with Crippen LogP contribution in [0.4, 0.5) is 0 Å². The molecule has 22 heavy (non-hydrogen) atoms. The van der Waals surface area contributed by atoms with Gasteiger partial charge >= 0.3 is 0 Å². The summed E-state index contributed by atoms with van der Waals surface area (Å²) in [5, 5.41) is 0.275. The van der Waals surface area contributed by atoms with Crippen LogP contribution in [0.5, 0.6) is 5.06 Å². The third kappa shape index (κ3) is 2.97. The van der Waals surface area contributed by atoms with E-state index in [1.54, 1.807) is 30.3 Å². The van der Waals surface area contributed by atoms with E-state index < -0.39 is 15.9 Å². The van der Waals surface area contributed by atoms with Crippen molar-refractivity contribution in [3.05, 3.63) is 35.2 Å². The summed E-state index contributed by atoms with van der Waals surface area (Å²) in [6.45, 7) is 0. The van der Waals surface area contributed by atoms with Crippen LogP contribution in [-0.2, 0) is 14.9 Å². The first-order valence-corrected chi connectivity index (χ1v) is 8.33. The van der Waals surface area contributed by atoms with Gasteiger partial charge in [-0.05, 0) is 5.56 Å². The summed E-state index contributed by atoms with van der Waals surface area (Å²) in [6, 6.07) is 8.70. The fraction of sp³-hybridized carbons (Fsp3) is 0.154. The lowest BCUT2D eigenvalue weighted by atomic mass is 10.1. The van der Waals surface area contributed by atoms with Crippen LogP contribution in [-0.4, -0.2) is 28.5 Å². The molecule has 118 valence electrons. The van der Waals surface area contributed by atoms with E-state index >= 15 is 0 Å². The first-order chi connectivity index (χ1) is 10.4. The third-order valence-corrected chi connectivity index (χ3v) is 5.39. The highest BCUT2D eigenvalue weighted by molar-refractivity contribution is 7.89. The Kier molecular flexibility index (Phi) is 4.81. The van der Waals surface area contributed by atoms with Crippen LogP contribution in [0.25, 0.3) is 11.1 Å². The van der Waals surface area contributed by atoms with Crippen molar-refractivity contribution in [1.29, 1.82) is 0 Å². The summed E-state index contributed by atoms with van der Waals surface area (Å²) in [6.07, 6.45) is 0. The number of rotatable bonds is 6. The average molecular weight is 342 g/mol. The molecule has 1 amide bonds. The molecule has 1 aromatic carbocycles. The number of amides is 1. The van der Waals surface area contributed by atoms with Gasteiger partial charge in [-0.25, -0.2) is 8.42 Å². The fourth-order valence-electron chi connectivity index (χ4n) is 1.96. The minimum Gasteiger partial charge on any atom is -0.487 e. The number of methoxy groups -OCH3 is 1. The number of nitrogens with one attached hydrogen (secondary N) is 1. The maximum absolute atomic E-state index is 12.4. The zero-order valence-electron chi connectivity index (χ0n) is 11.8. The predicted molar refractivity (Wildman–Crippen MR) is 82.2 cm³/mol. The van der Waals surface area contributed by atoms with Crippen LogP contribution in [0.3, 0.4) is 0 Å². The lowest BCUT2D eigenvalue weighted by molar-refractivity contribution is 0.100. The normalized spacial score (nSPS) is 11.4. The fourth-order valence-corrected chi connectivity index (χ4v) is 4.50. The number of nitrogens with two attached hydrogens (primary N) is 1. The van der Waals surface area contributed by atoms with E-state index in [1.807, 2.05) is 4.89 Å². The number of carbonyl (C=O) groups excluding carboxylic acids is 1. The van der Waals surface area contributed by atoms with Crippen LogP contribution in [0.2, 0.25) is 0 Å². The van der Waals surface area contributed by atoms with Crippen molar-refractivity contribution >= 4 is 27.3 Å². The van der Waals surface area contributed by atoms with Crippen molar-refractivity contribution in [2.24, 2.45) is 5.73 Å². The maximum atomic E-state index is 12.4. The van der Waals surface area contributed by atoms with Crippen molar-refractivity contribution in [1.82, 2.24) is 4.89 Å². The lowest BCUT2D eigenvalue weighted by Crippen LogP contribution is -2.25. The Morgan fingerprint density at radius 3 is 2.36 bits per heavy atom. The molecule has 0 fully saturated rings. The molecular weight excluding hydrogens is 328 g/mol. The summed E-state index contributed by atoms with van der Waals surface area (Å²) < 4.78 is 30.0. The first kappa shape index (κ1) is 16.4. The second-order valence-electron chi connectivity index (χ2n) is 4.15. The maximum Gasteiger partial charge on any atom is 0.264 e. The van der Waals surface area contributed by atoms with E-state index in [-0.39, 0.29) is 20.4 Å². The van der Waals surface area contributed by atoms with Gasteiger partial charge in [0, 0.05) is 0 Å². The largest absolute Gasteiger partial charge is 0.487 e. The molecular formula is C13H14N2O5S2. The van der Waals surface area contributed by atoms with E-state index in [1.165, 1.54) is 7.11 Å². The molecule has 3 N–H and O–H groups in total. The molecule has 0 saturated carbocycles. The number of primary amides is 1. The average Bonchev–Trinajstić information content (AvgIpc) is 2.88. The minimum atomic E-state index is -4.10. The molecule has 7 nitrogen and oxygen atoms in total. The smallest absolute Gasteiger partial charge is 0.264 e. The Labute approximate surface area is 131 Å². The van der Waals surface area contributed by atoms with Gasteiger partial charge in [0.25, 0.3) is 15.9 Å². The molecule has 1 heterocycles. The van der Waals surface area contributed by atoms with Crippen LogP contribution in [0.15, 0.2) is 35.2 Å². The van der Waals surface area contributed by atoms with Gasteiger partial charge in [0.15, 0.2) is 5.06 Å². The van der Waals surface area contributed by atoms with Gasteiger partial charge in [-0.1, -0.05) is 46.6 Å². The molecule has 1 aromatic heterocycles. The van der Waals surface area contributed by atoms with E-state index in [0.717, 1.165) is 18.4 Å². The van der Waals surface area contributed by atoms with E-state index in [4.69, 9.17) is 10.5 Å². The quantitative estimate of drug-likeness (QED) is 0.771. The minimum absolute atomic E-state index is 0.125. The summed E-state index contributed by atoms with van der Waals surface area (Å²) >= 11 is 0.870. The number of ether oxygens (including phenoxy) is 1. The molecule has 9 heteroatoms. The Balaban J connectivity index is 2.84. The van der Waals surface area contributed by atoms with Gasteiger partial charge in [0.05, 0.1) is 19.8 Å². The molecule has 0 unspecified atom stereocenters. The molecule has 2 rings (SSSR count). The lowest BCUT2D eigenvalue weighted by Gasteiger charge is -2.09. The zero-order chi connectivity index (χ0) is 16.3. The summed E-state index contributed by atoms with van der Waals surface area (Å²) in [4.78, 5) is 17.6. The molecule has 0 aliphatic carbocycles. The van der Waals surface area contributed by atoms with Crippen molar-refractivity contribution in [2.75, 3.05) is 14.2 Å². The SMILES string of the molecule is CONS(=O)(=O)c1c(C(N)=O)sc(OC)c1-c1ccccc1. The van der Waals surface area contributed by atoms with E-state index in [0.29, 0.717) is 5.56 Å². The van der Waals surface area contributed by atoms with Crippen molar-refractivity contribution < 1.29 is 22.8 Å². The standard InChI is InChI=1S/C13H14N2O5S2/c1-19-13-9(8-6-4-3-5-7-8)11(10(21-13)12(14)16)22(17,18)15-20-2/h3-7,15H,1-2H3,(H2,14,16). The van der Waals surface area contributed by atoms with Gasteiger partial charge < -0.3 is 10.5 Å². The molecule has 0 atom stereocenters. The number of benzene rings is 1. The zero-order valence-corrected chi connectivity index (χ0v) is 13.5. The number of hydrogen-bond acceptors (Lipinski definition) is 6. The van der Waals surface area contributed by atoms with E-state index in [9.17, 15) is 13.2 Å². The second kappa shape index (κ2) is 6.44. The number of sulfonamides is 1. The van der Waals surface area contributed by atoms with Gasteiger partial charge in [-0.15, -0.1) is 0 Å². The van der Waals surface area contributed by atoms with Crippen molar-refractivity contribution in [2.45, 2.75) is 4.90 Å². The highest BCUT2D eigenvalue weighted by atomic mass is 32.2. The monoisotopic (exact) mass is 342 g/mol. The third-order valence-electron chi connectivity index (χ3n) is 2.77. The molecule has 2 aromatic rings. The van der Waals surface area contributed by atoms with Crippen molar-refractivity contribution in [3.8, 4) is 16.2 Å². The van der Waals surface area contributed by atoms with Gasteiger partial charge in [-0.3, -0.25) is 9.63 Å². The molecule has 0 bridgehead atoms. The van der Waals surface area contributed by atoms with Gasteiger partial charge in [0.2, 0.25) is 0 Å². The molecule has 0 radical (unpaired) electrons. The van der Waals surface area contributed by atoms with E-state index in [2.05, 4.69) is 4.84 Å². The van der Waals surface area contributed by atoms with Crippen molar-refractivity contribution in [3.63, 3.8) is 0 Å². The second-order valence-corrected chi connectivity index (χ2v) is 6.71. The van der Waals surface area contributed by atoms with Crippen LogP contribution < -0.4 is 15.4 Å². The summed E-state index contributed by atoms with van der Waals surface area (Å²) in [5.74, 6) is -0.859. The van der Waals surface area contributed by atoms with Gasteiger partial charge in [0.1, 0.15) is 9.77 Å². The topological polar surface area (TPSA) is 108 Å². The summed E-state index contributed by atoms with van der Waals surface area (Å²) in [5.41, 5.74) is 6.16. The Morgan fingerprint density at radius 1 is 1.23 bits per heavy atom. The first-order valence-electron chi connectivity index (χ1n) is 6.03. The number of thiophene rings is 1. The van der Waals surface area contributed by atoms with Crippen LogP contribution in [0.1, 0.15) is 9.67 Å². The Morgan fingerprint density at radius 2 is 1.86 bits per heavy atom. The number of carbonyl (C=O) groups is 1. The molecule has 0 aliphatic heterocycles.